The van der Waals surface area contributed by atoms with Gasteiger partial charge in [0, 0.05) is 27.7 Å². The quantitative estimate of drug-likeness (QED) is 0.722. The largest absolute Gasteiger partial charge is 0.490 e. The molecule has 0 aliphatic carbocycles. The standard InChI is InChI=1S/C16H13ClINO3/c17-12-8-14-15(22-6-2-5-21-14)9-13(12)19-16(20)10-3-1-4-11(18)7-10/h1,3-4,7-9H,2,5-6H2,(H,19,20). The molecule has 2 aromatic carbocycles. The van der Waals surface area contributed by atoms with E-state index in [1.165, 1.54) is 0 Å². The van der Waals surface area contributed by atoms with Gasteiger partial charge in [-0.2, -0.15) is 0 Å². The molecule has 114 valence electrons. The van der Waals surface area contributed by atoms with E-state index in [4.69, 9.17) is 21.1 Å². The number of anilines is 1. The fraction of sp³-hybridized carbons (Fsp3) is 0.188. The predicted molar refractivity (Wildman–Crippen MR) is 94.2 cm³/mol. The summed E-state index contributed by atoms with van der Waals surface area (Å²) >= 11 is 8.39. The third-order valence-electron chi connectivity index (χ3n) is 3.17. The SMILES string of the molecule is O=C(Nc1cc2c(cc1Cl)OCCCO2)c1cccc(I)c1. The first-order chi connectivity index (χ1) is 10.6. The average Bonchev–Trinajstić information content (AvgIpc) is 2.72. The molecule has 1 aliphatic heterocycles. The molecule has 1 aliphatic rings. The molecule has 0 fully saturated rings. The fourth-order valence-electron chi connectivity index (χ4n) is 2.10. The smallest absolute Gasteiger partial charge is 0.255 e. The number of rotatable bonds is 2. The molecule has 0 saturated heterocycles. The van der Waals surface area contributed by atoms with E-state index in [2.05, 4.69) is 27.9 Å². The molecule has 22 heavy (non-hydrogen) atoms. The minimum absolute atomic E-state index is 0.213. The Kier molecular flexibility index (Phi) is 4.73. The highest BCUT2D eigenvalue weighted by molar-refractivity contribution is 14.1. The molecule has 3 rings (SSSR count). The van der Waals surface area contributed by atoms with E-state index in [-0.39, 0.29) is 5.91 Å². The van der Waals surface area contributed by atoms with E-state index in [0.717, 1.165) is 9.99 Å². The van der Waals surface area contributed by atoms with Gasteiger partial charge in [-0.1, -0.05) is 17.7 Å². The highest BCUT2D eigenvalue weighted by Crippen LogP contribution is 2.37. The van der Waals surface area contributed by atoms with Crippen molar-refractivity contribution in [2.24, 2.45) is 0 Å². The zero-order valence-electron chi connectivity index (χ0n) is 11.6. The van der Waals surface area contributed by atoms with E-state index in [0.29, 0.717) is 41.0 Å². The molecule has 4 nitrogen and oxygen atoms in total. The molecule has 1 heterocycles. The van der Waals surface area contributed by atoms with Gasteiger partial charge in [0.1, 0.15) is 0 Å². The van der Waals surface area contributed by atoms with Crippen LogP contribution in [-0.2, 0) is 0 Å². The van der Waals surface area contributed by atoms with Crippen molar-refractivity contribution in [1.29, 1.82) is 0 Å². The first-order valence-corrected chi connectivity index (χ1v) is 8.25. The molecule has 0 aromatic heterocycles. The summed E-state index contributed by atoms with van der Waals surface area (Å²) in [5, 5.41) is 3.23. The molecule has 1 amide bonds. The summed E-state index contributed by atoms with van der Waals surface area (Å²) < 4.78 is 12.2. The summed E-state index contributed by atoms with van der Waals surface area (Å²) in [6, 6.07) is 10.7. The number of ether oxygens (including phenoxy) is 2. The van der Waals surface area contributed by atoms with E-state index < -0.39 is 0 Å². The van der Waals surface area contributed by atoms with Crippen LogP contribution in [0, 0.1) is 3.57 Å². The number of benzene rings is 2. The summed E-state index contributed by atoms with van der Waals surface area (Å²) in [6.07, 6.45) is 0.816. The normalized spacial score (nSPS) is 13.4. The van der Waals surface area contributed by atoms with Crippen molar-refractivity contribution in [1.82, 2.24) is 0 Å². The summed E-state index contributed by atoms with van der Waals surface area (Å²) in [5.74, 6) is 0.990. The van der Waals surface area contributed by atoms with Crippen LogP contribution in [0.3, 0.4) is 0 Å². The highest BCUT2D eigenvalue weighted by Gasteiger charge is 2.16. The molecular weight excluding hydrogens is 417 g/mol. The summed E-state index contributed by atoms with van der Waals surface area (Å²) in [6.45, 7) is 1.18. The first-order valence-electron chi connectivity index (χ1n) is 6.79. The van der Waals surface area contributed by atoms with Crippen molar-refractivity contribution in [3.05, 3.63) is 50.6 Å². The van der Waals surface area contributed by atoms with Crippen LogP contribution in [0.1, 0.15) is 16.8 Å². The monoisotopic (exact) mass is 429 g/mol. The van der Waals surface area contributed by atoms with Gasteiger partial charge in [0.15, 0.2) is 11.5 Å². The number of halogens is 2. The van der Waals surface area contributed by atoms with Crippen LogP contribution in [0.15, 0.2) is 36.4 Å². The van der Waals surface area contributed by atoms with Crippen molar-refractivity contribution < 1.29 is 14.3 Å². The molecule has 6 heteroatoms. The van der Waals surface area contributed by atoms with E-state index in [1.807, 2.05) is 18.2 Å². The summed E-state index contributed by atoms with van der Waals surface area (Å²) in [5.41, 5.74) is 1.09. The van der Waals surface area contributed by atoms with Crippen molar-refractivity contribution in [3.8, 4) is 11.5 Å². The maximum atomic E-state index is 12.3. The molecule has 0 unspecified atom stereocenters. The van der Waals surface area contributed by atoms with Gasteiger partial charge in [-0.25, -0.2) is 0 Å². The Balaban J connectivity index is 1.86. The van der Waals surface area contributed by atoms with Gasteiger partial charge in [0.05, 0.1) is 23.9 Å². The number of amides is 1. The maximum absolute atomic E-state index is 12.3. The van der Waals surface area contributed by atoms with Gasteiger partial charge in [0.2, 0.25) is 0 Å². The Labute approximate surface area is 146 Å². The Hall–Kier alpha value is -1.47. The highest BCUT2D eigenvalue weighted by atomic mass is 127. The van der Waals surface area contributed by atoms with Gasteiger partial charge in [-0.15, -0.1) is 0 Å². The second kappa shape index (κ2) is 6.75. The van der Waals surface area contributed by atoms with Crippen molar-refractivity contribution in [2.75, 3.05) is 18.5 Å². The first kappa shape index (κ1) is 15.4. The van der Waals surface area contributed by atoms with Gasteiger partial charge in [0.25, 0.3) is 5.91 Å². The number of nitrogens with one attached hydrogen (secondary N) is 1. The second-order valence-electron chi connectivity index (χ2n) is 4.79. The Morgan fingerprint density at radius 2 is 1.86 bits per heavy atom. The third-order valence-corrected chi connectivity index (χ3v) is 4.16. The van der Waals surface area contributed by atoms with Gasteiger partial charge < -0.3 is 14.8 Å². The van der Waals surface area contributed by atoms with Crippen LogP contribution < -0.4 is 14.8 Å². The van der Waals surface area contributed by atoms with Crippen LogP contribution >= 0.6 is 34.2 Å². The van der Waals surface area contributed by atoms with E-state index in [9.17, 15) is 4.79 Å². The number of carbonyl (C=O) groups excluding carboxylic acids is 1. The molecule has 0 atom stereocenters. The number of hydrogen-bond acceptors (Lipinski definition) is 3. The maximum Gasteiger partial charge on any atom is 0.255 e. The number of fused-ring (bicyclic) bond motifs is 1. The minimum atomic E-state index is -0.213. The Morgan fingerprint density at radius 1 is 1.14 bits per heavy atom. The van der Waals surface area contributed by atoms with Crippen molar-refractivity contribution in [3.63, 3.8) is 0 Å². The topological polar surface area (TPSA) is 47.6 Å². The lowest BCUT2D eigenvalue weighted by atomic mass is 10.2. The van der Waals surface area contributed by atoms with Crippen LogP contribution in [0.2, 0.25) is 5.02 Å². The van der Waals surface area contributed by atoms with E-state index >= 15 is 0 Å². The third kappa shape index (κ3) is 3.47. The zero-order valence-corrected chi connectivity index (χ0v) is 14.5. The molecule has 0 saturated carbocycles. The lowest BCUT2D eigenvalue weighted by Gasteiger charge is -2.12. The van der Waals surface area contributed by atoms with Gasteiger partial charge >= 0.3 is 0 Å². The molecule has 2 aromatic rings. The van der Waals surface area contributed by atoms with Crippen LogP contribution in [-0.4, -0.2) is 19.1 Å². The Bertz CT molecular complexity index is 721. The molecular formula is C16H13ClINO3. The average molecular weight is 430 g/mol. The van der Waals surface area contributed by atoms with Crippen LogP contribution in [0.25, 0.3) is 0 Å². The molecule has 0 spiro atoms. The van der Waals surface area contributed by atoms with Gasteiger partial charge in [-0.05, 0) is 40.8 Å². The summed E-state index contributed by atoms with van der Waals surface area (Å²) in [4.78, 5) is 12.3. The lowest BCUT2D eigenvalue weighted by molar-refractivity contribution is 0.102. The molecule has 0 bridgehead atoms. The Morgan fingerprint density at radius 3 is 2.59 bits per heavy atom. The summed E-state index contributed by atoms with van der Waals surface area (Å²) in [7, 11) is 0. The predicted octanol–water partition coefficient (Wildman–Crippen LogP) is 4.36. The van der Waals surface area contributed by atoms with E-state index in [1.54, 1.807) is 18.2 Å². The van der Waals surface area contributed by atoms with Crippen LogP contribution in [0.4, 0.5) is 5.69 Å². The molecule has 0 radical (unpaired) electrons. The fourth-order valence-corrected chi connectivity index (χ4v) is 2.85. The lowest BCUT2D eigenvalue weighted by Crippen LogP contribution is -2.12. The second-order valence-corrected chi connectivity index (χ2v) is 6.45. The molecule has 1 N–H and O–H groups in total. The van der Waals surface area contributed by atoms with Crippen molar-refractivity contribution in [2.45, 2.75) is 6.42 Å². The zero-order chi connectivity index (χ0) is 15.5. The minimum Gasteiger partial charge on any atom is -0.490 e. The number of carbonyl (C=O) groups is 1. The van der Waals surface area contributed by atoms with Gasteiger partial charge in [-0.3, -0.25) is 4.79 Å². The number of hydrogen-bond donors (Lipinski definition) is 1. The van der Waals surface area contributed by atoms with Crippen molar-refractivity contribution >= 4 is 45.8 Å². The van der Waals surface area contributed by atoms with Crippen LogP contribution in [0.5, 0.6) is 11.5 Å².